The van der Waals surface area contributed by atoms with Gasteiger partial charge in [-0.05, 0) is 25.0 Å². The molecule has 250 valence electrons. The van der Waals surface area contributed by atoms with Crippen molar-refractivity contribution in [3.63, 3.8) is 0 Å². The number of thioether (sulfide) groups is 1. The van der Waals surface area contributed by atoms with Crippen LogP contribution in [-0.2, 0) is 38.3 Å². The SMILES string of the molecule is CC(=O)OCC1=C(C(=O)O)N2C(=O)[C@H](NC(=O)C(=NOC(C)(C)C(=O)OC(c3ccccc3)c3ccccc3)c3csc(N)n3)[C@@H]2SC1. The Bertz CT molecular complexity index is 1750. The first-order chi connectivity index (χ1) is 22.9. The van der Waals surface area contributed by atoms with Crippen LogP contribution in [0.2, 0.25) is 0 Å². The van der Waals surface area contributed by atoms with Gasteiger partial charge >= 0.3 is 17.9 Å². The van der Waals surface area contributed by atoms with E-state index in [0.29, 0.717) is 0 Å². The van der Waals surface area contributed by atoms with Crippen molar-refractivity contribution in [1.29, 1.82) is 0 Å². The van der Waals surface area contributed by atoms with Crippen LogP contribution in [0.4, 0.5) is 5.13 Å². The quantitative estimate of drug-likeness (QED) is 0.109. The molecule has 3 heterocycles. The summed E-state index contributed by atoms with van der Waals surface area (Å²) in [6.45, 7) is 3.76. The summed E-state index contributed by atoms with van der Waals surface area (Å²) >= 11 is 2.23. The monoisotopic (exact) mass is 693 g/mol. The van der Waals surface area contributed by atoms with E-state index in [1.807, 2.05) is 60.7 Å². The van der Waals surface area contributed by atoms with Gasteiger partial charge in [-0.2, -0.15) is 0 Å². The molecule has 4 N–H and O–H groups in total. The van der Waals surface area contributed by atoms with E-state index in [4.69, 9.17) is 20.0 Å². The Hall–Kier alpha value is -5.22. The van der Waals surface area contributed by atoms with E-state index in [1.54, 1.807) is 0 Å². The number of benzene rings is 2. The van der Waals surface area contributed by atoms with Crippen molar-refractivity contribution in [1.82, 2.24) is 15.2 Å². The van der Waals surface area contributed by atoms with Crippen LogP contribution in [0, 0.1) is 0 Å². The number of nitrogens with one attached hydrogen (secondary N) is 1. The van der Waals surface area contributed by atoms with Crippen molar-refractivity contribution in [2.45, 2.75) is 43.9 Å². The average Bonchev–Trinajstić information content (AvgIpc) is 3.50. The zero-order valence-corrected chi connectivity index (χ0v) is 27.6. The van der Waals surface area contributed by atoms with Crippen molar-refractivity contribution in [3.8, 4) is 0 Å². The minimum atomic E-state index is -1.70. The number of nitrogen functional groups attached to an aromatic ring is 1. The van der Waals surface area contributed by atoms with E-state index < -0.39 is 52.8 Å². The lowest BCUT2D eigenvalue weighted by molar-refractivity contribution is -0.172. The molecule has 3 aromatic rings. The fourth-order valence-corrected chi connectivity index (χ4v) is 6.70. The van der Waals surface area contributed by atoms with Crippen molar-refractivity contribution in [2.75, 3.05) is 18.1 Å². The van der Waals surface area contributed by atoms with Gasteiger partial charge < -0.3 is 30.5 Å². The first kappa shape index (κ1) is 34.1. The molecule has 0 saturated carbocycles. The highest BCUT2D eigenvalue weighted by Gasteiger charge is 2.54. The summed E-state index contributed by atoms with van der Waals surface area (Å²) < 4.78 is 10.9. The molecule has 1 saturated heterocycles. The number of fused-ring (bicyclic) bond motifs is 1. The lowest BCUT2D eigenvalue weighted by atomic mass is 10.0. The number of amides is 2. The van der Waals surface area contributed by atoms with Gasteiger partial charge in [0.25, 0.3) is 11.8 Å². The highest BCUT2D eigenvalue weighted by Crippen LogP contribution is 2.40. The molecular formula is C32H31N5O9S2. The van der Waals surface area contributed by atoms with Crippen LogP contribution in [0.3, 0.4) is 0 Å². The van der Waals surface area contributed by atoms with E-state index in [0.717, 1.165) is 27.4 Å². The Morgan fingerprint density at radius 2 is 1.73 bits per heavy atom. The maximum absolute atomic E-state index is 13.6. The van der Waals surface area contributed by atoms with Gasteiger partial charge in [0.1, 0.15) is 29.4 Å². The molecule has 16 heteroatoms. The topological polar surface area (TPSA) is 200 Å². The Balaban J connectivity index is 1.34. The van der Waals surface area contributed by atoms with Gasteiger partial charge in [-0.25, -0.2) is 14.6 Å². The lowest BCUT2D eigenvalue weighted by Crippen LogP contribution is -2.71. The van der Waals surface area contributed by atoms with Crippen molar-refractivity contribution in [2.24, 2.45) is 5.16 Å². The van der Waals surface area contributed by atoms with Crippen LogP contribution < -0.4 is 11.1 Å². The number of carboxylic acids is 1. The van der Waals surface area contributed by atoms with Crippen LogP contribution in [0.5, 0.6) is 0 Å². The number of nitrogens with two attached hydrogens (primary N) is 1. The van der Waals surface area contributed by atoms with Gasteiger partial charge in [0.2, 0.25) is 5.60 Å². The number of β-lactam (4-membered cyclic amide) rings is 1. The van der Waals surface area contributed by atoms with Gasteiger partial charge in [-0.15, -0.1) is 23.1 Å². The second-order valence-electron chi connectivity index (χ2n) is 11.1. The van der Waals surface area contributed by atoms with E-state index in [-0.39, 0.29) is 40.2 Å². The van der Waals surface area contributed by atoms with Crippen LogP contribution in [-0.4, -0.2) is 79.8 Å². The van der Waals surface area contributed by atoms with Crippen LogP contribution in [0.15, 0.2) is 82.5 Å². The summed E-state index contributed by atoms with van der Waals surface area (Å²) in [5, 5.41) is 17.2. The molecule has 0 bridgehead atoms. The zero-order valence-electron chi connectivity index (χ0n) is 25.9. The van der Waals surface area contributed by atoms with Gasteiger partial charge in [-0.3, -0.25) is 19.3 Å². The minimum absolute atomic E-state index is 0.0281. The average molecular weight is 694 g/mol. The molecule has 0 aliphatic carbocycles. The third-order valence-corrected chi connectivity index (χ3v) is 9.27. The number of ether oxygens (including phenoxy) is 2. The summed E-state index contributed by atoms with van der Waals surface area (Å²) in [7, 11) is 0. The number of nitrogens with zero attached hydrogens (tertiary/aromatic N) is 3. The molecule has 48 heavy (non-hydrogen) atoms. The number of carbonyl (C=O) groups excluding carboxylic acids is 4. The Kier molecular flexibility index (Phi) is 10.1. The predicted molar refractivity (Wildman–Crippen MR) is 175 cm³/mol. The van der Waals surface area contributed by atoms with Gasteiger partial charge in [0, 0.05) is 23.6 Å². The number of aliphatic carboxylic acids is 1. The molecule has 0 radical (unpaired) electrons. The molecule has 0 spiro atoms. The molecular weight excluding hydrogens is 663 g/mol. The second-order valence-corrected chi connectivity index (χ2v) is 13.1. The van der Waals surface area contributed by atoms with Crippen molar-refractivity contribution in [3.05, 3.63) is 94.1 Å². The summed E-state index contributed by atoms with van der Waals surface area (Å²) in [6.07, 6.45) is -0.757. The number of aromatic nitrogens is 1. The van der Waals surface area contributed by atoms with E-state index >= 15 is 0 Å². The largest absolute Gasteiger partial charge is 0.477 e. The molecule has 1 aromatic heterocycles. The number of hydrogen-bond acceptors (Lipinski definition) is 13. The normalized spacial score (nSPS) is 17.7. The zero-order chi connectivity index (χ0) is 34.6. The molecule has 1 fully saturated rings. The standard InChI is InChI=1S/C32H31N5O9S2/c1-17(38)44-14-20-15-47-28-23(27(40)37(28)24(20)29(41)42)35-26(39)22(21-16-48-31(33)34-21)36-46-32(2,3)30(43)45-25(18-10-6-4-7-11-18)19-12-8-5-9-13-19/h4-13,16,23,25,28H,14-15H2,1-3H3,(H2,33,34)(H,35,39)(H,41,42)/t23-,28-/m0/s1. The third-order valence-electron chi connectivity index (χ3n) is 7.25. The Labute approximate surface area is 282 Å². The van der Waals surface area contributed by atoms with Crippen LogP contribution in [0.25, 0.3) is 0 Å². The van der Waals surface area contributed by atoms with Crippen LogP contribution >= 0.6 is 23.1 Å². The number of carboxylic acid groups (broad SMARTS) is 1. The third kappa shape index (κ3) is 7.34. The van der Waals surface area contributed by atoms with Gasteiger partial charge in [0.05, 0.1) is 0 Å². The Morgan fingerprint density at radius 1 is 1.10 bits per heavy atom. The summed E-state index contributed by atoms with van der Waals surface area (Å²) in [4.78, 5) is 74.4. The minimum Gasteiger partial charge on any atom is -0.477 e. The predicted octanol–water partition coefficient (Wildman–Crippen LogP) is 2.86. The molecule has 0 unspecified atom stereocenters. The highest BCUT2D eigenvalue weighted by atomic mass is 32.2. The fourth-order valence-electron chi connectivity index (χ4n) is 4.82. The first-order valence-electron chi connectivity index (χ1n) is 14.5. The number of carbonyl (C=O) groups is 5. The summed E-state index contributed by atoms with van der Waals surface area (Å²) in [5.74, 6) is -4.16. The molecule has 2 amide bonds. The molecule has 2 aromatic carbocycles. The Morgan fingerprint density at radius 3 is 2.27 bits per heavy atom. The van der Waals surface area contributed by atoms with E-state index in [1.165, 1.54) is 37.9 Å². The number of anilines is 1. The van der Waals surface area contributed by atoms with Gasteiger partial charge in [-0.1, -0.05) is 65.8 Å². The summed E-state index contributed by atoms with van der Waals surface area (Å²) in [5.41, 5.74) is 5.18. The first-order valence-corrected chi connectivity index (χ1v) is 16.4. The number of thiazole rings is 1. The smallest absolute Gasteiger partial charge is 0.353 e. The summed E-state index contributed by atoms with van der Waals surface area (Å²) in [6, 6.07) is 17.2. The number of hydrogen-bond donors (Lipinski definition) is 3. The van der Waals surface area contributed by atoms with E-state index in [9.17, 15) is 29.1 Å². The second kappa shape index (κ2) is 14.3. The number of rotatable bonds is 12. The number of oxime groups is 1. The maximum atomic E-state index is 13.6. The van der Waals surface area contributed by atoms with Crippen molar-refractivity contribution >= 4 is 63.7 Å². The molecule has 5 rings (SSSR count). The molecule has 2 atom stereocenters. The fraction of sp³-hybridized carbons (Fsp3) is 0.281. The van der Waals surface area contributed by atoms with Gasteiger partial charge in [0.15, 0.2) is 16.9 Å². The maximum Gasteiger partial charge on any atom is 0.353 e. The lowest BCUT2D eigenvalue weighted by Gasteiger charge is -2.49. The molecule has 2 aliphatic rings. The molecule has 2 aliphatic heterocycles. The molecule has 14 nitrogen and oxygen atoms in total. The van der Waals surface area contributed by atoms with E-state index in [2.05, 4.69) is 15.5 Å². The highest BCUT2D eigenvalue weighted by molar-refractivity contribution is 8.00. The van der Waals surface area contributed by atoms with Crippen LogP contribution in [0.1, 0.15) is 43.7 Å². The number of esters is 2. The van der Waals surface area contributed by atoms with Crippen molar-refractivity contribution < 1.29 is 43.4 Å².